The van der Waals surface area contributed by atoms with E-state index < -0.39 is 70.4 Å². The number of fused-ring (bicyclic) bond motifs is 1. The number of carbonyl (C=O) groups excluding carboxylic acids is 2. The molecule has 0 radical (unpaired) electrons. The number of hydrogen-bond donors (Lipinski definition) is 2. The number of nitrogen functional groups attached to an aromatic ring is 1. The Labute approximate surface area is 274 Å². The molecule has 3 N–H and O–H groups in total. The topological polar surface area (TPSA) is 161 Å². The normalized spacial score (nSPS) is 18.6. The number of pyridine rings is 1. The fourth-order valence-corrected chi connectivity index (χ4v) is 6.03. The fraction of sp³-hybridized carbons (Fsp3) is 0.333. The Kier molecular flexibility index (Phi) is 9.64. The molecule has 2 aliphatic heterocycles. The highest BCUT2D eigenvalue weighted by molar-refractivity contribution is 7.85. The first kappa shape index (κ1) is 35.6. The predicted molar refractivity (Wildman–Crippen MR) is 160 cm³/mol. The van der Waals surface area contributed by atoms with E-state index in [1.54, 1.807) is 12.1 Å². The Balaban J connectivity index is 0.000000363. The minimum Gasteiger partial charge on any atom is -0.384 e. The number of amides is 2. The van der Waals surface area contributed by atoms with Crippen molar-refractivity contribution < 1.29 is 53.6 Å². The fourth-order valence-electron chi connectivity index (χ4n) is 5.55. The van der Waals surface area contributed by atoms with E-state index in [0.717, 1.165) is 40.4 Å². The monoisotopic (exact) mass is 714 g/mol. The first-order valence-corrected chi connectivity index (χ1v) is 15.9. The lowest BCUT2D eigenvalue weighted by Gasteiger charge is -2.41. The average molecular weight is 715 g/mol. The highest BCUT2D eigenvalue weighted by Crippen LogP contribution is 2.41. The van der Waals surface area contributed by atoms with Gasteiger partial charge in [-0.3, -0.25) is 14.1 Å². The van der Waals surface area contributed by atoms with Crippen LogP contribution in [0, 0.1) is 24.4 Å². The Morgan fingerprint density at radius 2 is 1.69 bits per heavy atom. The molecule has 49 heavy (non-hydrogen) atoms. The van der Waals surface area contributed by atoms with Crippen LogP contribution in [-0.2, 0) is 19.6 Å². The molecule has 2 aliphatic rings. The Hall–Kier alpha value is -4.75. The summed E-state index contributed by atoms with van der Waals surface area (Å²) in [7, 11) is -4.02. The van der Waals surface area contributed by atoms with Crippen LogP contribution >= 0.6 is 0 Å². The molecule has 0 saturated carbocycles. The Morgan fingerprint density at radius 1 is 1.04 bits per heavy atom. The number of likely N-dealkylation sites (tertiary alicyclic amines) is 1. The van der Waals surface area contributed by atoms with Gasteiger partial charge in [0.25, 0.3) is 16.0 Å². The SMILES string of the molecule is CC(=O)N1CCO[C@@H](C(F)(F)F)C1n1nc(C2CN(C(=O)c3cc(N)ncc3F)C2)c2c(F)cc(F)cc21.Cc1ccc(S(=O)(=O)O)cc1. The highest BCUT2D eigenvalue weighted by atomic mass is 32.2. The zero-order valence-corrected chi connectivity index (χ0v) is 26.5. The zero-order valence-electron chi connectivity index (χ0n) is 25.7. The number of hydrogen-bond acceptors (Lipinski definition) is 8. The van der Waals surface area contributed by atoms with Crippen LogP contribution in [0.3, 0.4) is 0 Å². The first-order chi connectivity index (χ1) is 22.9. The van der Waals surface area contributed by atoms with Crippen molar-refractivity contribution in [2.45, 2.75) is 43.1 Å². The van der Waals surface area contributed by atoms with E-state index in [1.165, 1.54) is 17.0 Å². The zero-order chi connectivity index (χ0) is 36.0. The number of alkyl halides is 3. The molecular formula is C30H28F6N6O6S. The Bertz CT molecular complexity index is 2020. The smallest absolute Gasteiger partial charge is 0.384 e. The second-order valence-electron chi connectivity index (χ2n) is 11.4. The molecule has 2 amide bonds. The van der Waals surface area contributed by atoms with E-state index >= 15 is 4.39 Å². The maximum Gasteiger partial charge on any atom is 0.418 e. The molecule has 2 aromatic carbocycles. The molecule has 4 aromatic rings. The molecule has 2 aromatic heterocycles. The van der Waals surface area contributed by atoms with Gasteiger partial charge in [-0.15, -0.1) is 0 Å². The standard InChI is InChI=1S/C23H20F6N6O3.C7H8O3S/c1-10(36)34-2-3-38-20(23(27,28)29)21(34)35-16-5-12(24)4-14(25)18(16)19(32-35)11-8-33(9-11)22(37)13-6-17(30)31-7-15(13)26;1-6-2-4-7(5-3-6)11(8,9)10/h4-7,11,20-21H,2-3,8-9H2,1H3,(H2,30,31);2-5H,1H3,(H,8,9,10)/t20-,21?;/m1./s1. The van der Waals surface area contributed by atoms with Crippen molar-refractivity contribution in [3.8, 4) is 0 Å². The van der Waals surface area contributed by atoms with Crippen molar-refractivity contribution in [2.75, 3.05) is 32.0 Å². The van der Waals surface area contributed by atoms with Gasteiger partial charge >= 0.3 is 6.18 Å². The third-order valence-electron chi connectivity index (χ3n) is 7.93. The molecule has 12 nitrogen and oxygen atoms in total. The van der Waals surface area contributed by atoms with Crippen LogP contribution in [0.25, 0.3) is 10.9 Å². The molecule has 2 saturated heterocycles. The van der Waals surface area contributed by atoms with Crippen molar-refractivity contribution in [2.24, 2.45) is 0 Å². The van der Waals surface area contributed by atoms with Crippen molar-refractivity contribution in [3.63, 3.8) is 0 Å². The summed E-state index contributed by atoms with van der Waals surface area (Å²) in [5, 5.41) is 3.97. The van der Waals surface area contributed by atoms with Gasteiger partial charge in [0.15, 0.2) is 18.1 Å². The van der Waals surface area contributed by atoms with Gasteiger partial charge in [-0.25, -0.2) is 22.8 Å². The molecule has 262 valence electrons. The van der Waals surface area contributed by atoms with Crippen molar-refractivity contribution in [1.82, 2.24) is 24.6 Å². The van der Waals surface area contributed by atoms with Crippen LogP contribution in [0.4, 0.5) is 32.2 Å². The summed E-state index contributed by atoms with van der Waals surface area (Å²) in [5.74, 6) is -5.22. The number of ether oxygens (including phenoxy) is 1. The quantitative estimate of drug-likeness (QED) is 0.233. The predicted octanol–water partition coefficient (Wildman–Crippen LogP) is 4.22. The molecule has 4 heterocycles. The number of aryl methyl sites for hydroxylation is 1. The van der Waals surface area contributed by atoms with Crippen LogP contribution in [0.1, 0.15) is 40.6 Å². The van der Waals surface area contributed by atoms with Gasteiger partial charge in [0, 0.05) is 44.6 Å². The van der Waals surface area contributed by atoms with Gasteiger partial charge in [0.2, 0.25) is 5.91 Å². The molecule has 19 heteroatoms. The van der Waals surface area contributed by atoms with Gasteiger partial charge < -0.3 is 20.3 Å². The van der Waals surface area contributed by atoms with E-state index in [9.17, 15) is 40.0 Å². The largest absolute Gasteiger partial charge is 0.418 e. The van der Waals surface area contributed by atoms with Crippen molar-refractivity contribution in [3.05, 3.63) is 82.9 Å². The van der Waals surface area contributed by atoms with Crippen molar-refractivity contribution in [1.29, 1.82) is 0 Å². The van der Waals surface area contributed by atoms with Gasteiger partial charge in [0.1, 0.15) is 17.5 Å². The van der Waals surface area contributed by atoms with E-state index in [1.807, 2.05) is 6.92 Å². The van der Waals surface area contributed by atoms with Crippen LogP contribution < -0.4 is 5.73 Å². The maximum absolute atomic E-state index is 15.0. The molecular weight excluding hydrogens is 686 g/mol. The van der Waals surface area contributed by atoms with E-state index in [-0.39, 0.29) is 52.5 Å². The number of carbonyl (C=O) groups is 2. The molecule has 2 atom stereocenters. The van der Waals surface area contributed by atoms with Gasteiger partial charge in [-0.05, 0) is 25.1 Å². The number of morpholine rings is 1. The lowest BCUT2D eigenvalue weighted by atomic mass is 9.93. The second-order valence-corrected chi connectivity index (χ2v) is 12.8. The van der Waals surface area contributed by atoms with Gasteiger partial charge in [0.05, 0.1) is 39.9 Å². The lowest BCUT2D eigenvalue weighted by Crippen LogP contribution is -2.55. The minimum absolute atomic E-state index is 0.0359. The summed E-state index contributed by atoms with van der Waals surface area (Å²) in [6.07, 6.45) is -8.52. The van der Waals surface area contributed by atoms with Gasteiger partial charge in [-0.1, -0.05) is 17.7 Å². The number of nitrogens with zero attached hydrogens (tertiary/aromatic N) is 5. The molecule has 6 rings (SSSR count). The molecule has 0 bridgehead atoms. The van der Waals surface area contributed by atoms with Crippen LogP contribution in [0.15, 0.2) is 53.6 Å². The van der Waals surface area contributed by atoms with E-state index in [4.69, 9.17) is 15.0 Å². The minimum atomic E-state index is -4.93. The molecule has 2 fully saturated rings. The second kappa shape index (κ2) is 13.3. The van der Waals surface area contributed by atoms with E-state index in [2.05, 4.69) is 10.1 Å². The number of rotatable bonds is 4. The van der Waals surface area contributed by atoms with E-state index in [0.29, 0.717) is 6.07 Å². The van der Waals surface area contributed by atoms with Crippen LogP contribution in [0.2, 0.25) is 0 Å². The number of aromatic nitrogens is 3. The average Bonchev–Trinajstić information content (AvgIpc) is 3.35. The molecule has 0 spiro atoms. The summed E-state index contributed by atoms with van der Waals surface area (Å²) in [6.45, 7) is 2.15. The number of anilines is 1. The number of halogens is 6. The summed E-state index contributed by atoms with van der Waals surface area (Å²) in [5.41, 5.74) is 5.81. The van der Waals surface area contributed by atoms with Crippen LogP contribution in [-0.4, -0.2) is 87.9 Å². The Morgan fingerprint density at radius 3 is 2.29 bits per heavy atom. The third kappa shape index (κ3) is 7.32. The van der Waals surface area contributed by atoms with Crippen molar-refractivity contribution >= 4 is 38.7 Å². The molecule has 0 aliphatic carbocycles. The summed E-state index contributed by atoms with van der Waals surface area (Å²) >= 11 is 0. The summed E-state index contributed by atoms with van der Waals surface area (Å²) < 4.78 is 120. The molecule has 1 unspecified atom stereocenters. The maximum atomic E-state index is 15.0. The summed E-state index contributed by atoms with van der Waals surface area (Å²) in [4.78, 5) is 30.6. The van der Waals surface area contributed by atoms with Gasteiger partial charge in [-0.2, -0.15) is 26.7 Å². The highest BCUT2D eigenvalue weighted by Gasteiger charge is 2.53. The lowest BCUT2D eigenvalue weighted by molar-refractivity contribution is -0.264. The first-order valence-electron chi connectivity index (χ1n) is 14.4. The third-order valence-corrected chi connectivity index (χ3v) is 8.80. The number of benzene rings is 2. The summed E-state index contributed by atoms with van der Waals surface area (Å²) in [6, 6.07) is 8.44. The van der Waals surface area contributed by atoms with Crippen LogP contribution in [0.5, 0.6) is 0 Å². The number of nitrogens with two attached hydrogens (primary N) is 1.